The van der Waals surface area contributed by atoms with Crippen LogP contribution in [0.2, 0.25) is 10.0 Å². The average Bonchev–Trinajstić information content (AvgIpc) is 2.77. The average molecular weight is 485 g/mol. The van der Waals surface area contributed by atoms with Gasteiger partial charge in [0.15, 0.2) is 11.5 Å². The van der Waals surface area contributed by atoms with Gasteiger partial charge in [-0.05, 0) is 24.6 Å². The minimum Gasteiger partial charge on any atom is -0.495 e. The summed E-state index contributed by atoms with van der Waals surface area (Å²) in [5, 5.41) is 10.7. The summed E-state index contributed by atoms with van der Waals surface area (Å²) < 4.78 is 16.2. The molecule has 0 heterocycles. The SMILES string of the molecule is C=C(C#N)C(=O)N(Nc1ccc(OC)c(OCCCCl)c1)c1cc(OC)c(Cl)cc1Cl. The van der Waals surface area contributed by atoms with Crippen molar-refractivity contribution in [3.63, 3.8) is 0 Å². The number of alkyl halides is 1. The van der Waals surface area contributed by atoms with Crippen LogP contribution in [-0.2, 0) is 4.79 Å². The van der Waals surface area contributed by atoms with Gasteiger partial charge in [-0.1, -0.05) is 29.8 Å². The molecular weight excluding hydrogens is 465 g/mol. The third-order valence-electron chi connectivity index (χ3n) is 4.00. The summed E-state index contributed by atoms with van der Waals surface area (Å²) in [4.78, 5) is 12.9. The minimum absolute atomic E-state index is 0.157. The second-order valence-electron chi connectivity index (χ2n) is 6.04. The molecule has 2 aromatic rings. The van der Waals surface area contributed by atoms with Crippen LogP contribution in [0.25, 0.3) is 0 Å². The molecule has 2 aromatic carbocycles. The fraction of sp³-hybridized carbons (Fsp3) is 0.238. The van der Waals surface area contributed by atoms with E-state index in [-0.39, 0.29) is 21.3 Å². The Morgan fingerprint density at radius 2 is 1.84 bits per heavy atom. The largest absolute Gasteiger partial charge is 0.495 e. The van der Waals surface area contributed by atoms with Crippen molar-refractivity contribution in [3.8, 4) is 23.3 Å². The third-order valence-corrected chi connectivity index (χ3v) is 4.86. The smallest absolute Gasteiger partial charge is 0.287 e. The Morgan fingerprint density at radius 1 is 1.13 bits per heavy atom. The van der Waals surface area contributed by atoms with Crippen LogP contribution in [0.3, 0.4) is 0 Å². The molecule has 10 heteroatoms. The molecular formula is C21H20Cl3N3O4. The number of methoxy groups -OCH3 is 2. The maximum Gasteiger partial charge on any atom is 0.287 e. The maximum absolute atomic E-state index is 12.9. The molecule has 0 atom stereocenters. The van der Waals surface area contributed by atoms with E-state index in [0.717, 1.165) is 5.01 Å². The van der Waals surface area contributed by atoms with Crippen molar-refractivity contribution in [1.82, 2.24) is 0 Å². The first-order valence-electron chi connectivity index (χ1n) is 8.96. The van der Waals surface area contributed by atoms with E-state index in [1.807, 2.05) is 0 Å². The predicted octanol–water partition coefficient (Wildman–Crippen LogP) is 5.46. The number of nitriles is 1. The van der Waals surface area contributed by atoms with Crippen molar-refractivity contribution < 1.29 is 19.0 Å². The van der Waals surface area contributed by atoms with Crippen LogP contribution < -0.4 is 24.6 Å². The van der Waals surface area contributed by atoms with Gasteiger partial charge < -0.3 is 14.2 Å². The molecule has 7 nitrogen and oxygen atoms in total. The Kier molecular flexibility index (Phi) is 9.13. The first kappa shape index (κ1) is 24.5. The van der Waals surface area contributed by atoms with Gasteiger partial charge in [0.25, 0.3) is 5.91 Å². The maximum atomic E-state index is 12.9. The van der Waals surface area contributed by atoms with Crippen LogP contribution in [-0.4, -0.2) is 32.6 Å². The first-order chi connectivity index (χ1) is 14.9. The van der Waals surface area contributed by atoms with Crippen molar-refractivity contribution in [2.75, 3.05) is 37.1 Å². The van der Waals surface area contributed by atoms with Crippen molar-refractivity contribution in [2.45, 2.75) is 6.42 Å². The van der Waals surface area contributed by atoms with Crippen molar-refractivity contribution in [2.24, 2.45) is 0 Å². The summed E-state index contributed by atoms with van der Waals surface area (Å²) in [6, 6.07) is 9.63. The molecule has 164 valence electrons. The summed E-state index contributed by atoms with van der Waals surface area (Å²) in [6.07, 6.45) is 0.648. The number of anilines is 2. The van der Waals surface area contributed by atoms with E-state index in [2.05, 4.69) is 12.0 Å². The van der Waals surface area contributed by atoms with Crippen molar-refractivity contribution in [1.29, 1.82) is 5.26 Å². The van der Waals surface area contributed by atoms with E-state index >= 15 is 0 Å². The van der Waals surface area contributed by atoms with Gasteiger partial charge in [0, 0.05) is 18.0 Å². The Labute approximate surface area is 195 Å². The van der Waals surface area contributed by atoms with E-state index in [9.17, 15) is 4.79 Å². The Balaban J connectivity index is 2.48. The number of nitrogens with zero attached hydrogens (tertiary/aromatic N) is 2. The molecule has 0 aliphatic rings. The number of halogens is 3. The topological polar surface area (TPSA) is 83.8 Å². The number of nitrogens with one attached hydrogen (secondary N) is 1. The van der Waals surface area contributed by atoms with Crippen LogP contribution in [0.1, 0.15) is 6.42 Å². The van der Waals surface area contributed by atoms with Gasteiger partial charge in [0.1, 0.15) is 17.4 Å². The van der Waals surface area contributed by atoms with Crippen LogP contribution in [0.15, 0.2) is 42.5 Å². The van der Waals surface area contributed by atoms with Crippen LogP contribution >= 0.6 is 34.8 Å². The molecule has 0 unspecified atom stereocenters. The van der Waals surface area contributed by atoms with Gasteiger partial charge in [-0.15, -0.1) is 11.6 Å². The lowest BCUT2D eigenvalue weighted by molar-refractivity contribution is -0.114. The van der Waals surface area contributed by atoms with E-state index in [4.69, 9.17) is 54.3 Å². The van der Waals surface area contributed by atoms with E-state index in [0.29, 0.717) is 41.8 Å². The fourth-order valence-electron chi connectivity index (χ4n) is 2.47. The van der Waals surface area contributed by atoms with E-state index in [1.54, 1.807) is 24.3 Å². The normalized spacial score (nSPS) is 10.1. The molecule has 0 radical (unpaired) electrons. The molecule has 0 fully saturated rings. The number of benzene rings is 2. The first-order valence-corrected chi connectivity index (χ1v) is 10.2. The summed E-state index contributed by atoms with van der Waals surface area (Å²) >= 11 is 18.1. The number of amides is 1. The molecule has 0 aliphatic heterocycles. The molecule has 0 saturated heterocycles. The lowest BCUT2D eigenvalue weighted by Gasteiger charge is -2.26. The van der Waals surface area contributed by atoms with E-state index < -0.39 is 5.91 Å². The fourth-order valence-corrected chi connectivity index (χ4v) is 3.13. The quantitative estimate of drug-likeness (QED) is 0.158. The number of carbonyl (C=O) groups is 1. The highest BCUT2D eigenvalue weighted by Crippen LogP contribution is 2.37. The number of hydrogen-bond acceptors (Lipinski definition) is 6. The molecule has 1 amide bonds. The Hall–Kier alpha value is -2.79. The Bertz CT molecular complexity index is 1010. The Morgan fingerprint density at radius 3 is 2.45 bits per heavy atom. The molecule has 31 heavy (non-hydrogen) atoms. The number of carbonyl (C=O) groups excluding carboxylic acids is 1. The van der Waals surface area contributed by atoms with Gasteiger partial charge in [-0.3, -0.25) is 10.2 Å². The summed E-state index contributed by atoms with van der Waals surface area (Å²) in [6.45, 7) is 3.88. The molecule has 0 aromatic heterocycles. The van der Waals surface area contributed by atoms with Gasteiger partial charge in [-0.25, -0.2) is 5.01 Å². The second-order valence-corrected chi connectivity index (χ2v) is 7.23. The monoisotopic (exact) mass is 483 g/mol. The molecule has 2 rings (SSSR count). The van der Waals surface area contributed by atoms with Crippen LogP contribution in [0, 0.1) is 11.3 Å². The third kappa shape index (κ3) is 6.11. The molecule has 0 aliphatic carbocycles. The zero-order valence-electron chi connectivity index (χ0n) is 16.9. The zero-order chi connectivity index (χ0) is 23.0. The standard InChI is InChI=1S/C21H20Cl3N3O4/c1-13(12-25)21(28)27(17-11-19(30-3)16(24)10-15(17)23)26-14-5-6-18(29-2)20(9-14)31-8-4-7-22/h5-6,9-11,26H,1,4,7-8H2,2-3H3. The van der Waals surface area contributed by atoms with Crippen molar-refractivity contribution >= 4 is 52.1 Å². The van der Waals surface area contributed by atoms with E-state index in [1.165, 1.54) is 26.4 Å². The summed E-state index contributed by atoms with van der Waals surface area (Å²) in [7, 11) is 2.95. The summed E-state index contributed by atoms with van der Waals surface area (Å²) in [5.74, 6) is 0.988. The highest BCUT2D eigenvalue weighted by atomic mass is 35.5. The zero-order valence-corrected chi connectivity index (χ0v) is 19.1. The number of hydrazine groups is 1. The lowest BCUT2D eigenvalue weighted by atomic mass is 10.2. The van der Waals surface area contributed by atoms with Crippen LogP contribution in [0.5, 0.6) is 17.2 Å². The molecule has 0 bridgehead atoms. The lowest BCUT2D eigenvalue weighted by Crippen LogP contribution is -2.37. The predicted molar refractivity (Wildman–Crippen MR) is 123 cm³/mol. The molecule has 1 N–H and O–H groups in total. The number of hydrogen-bond donors (Lipinski definition) is 1. The van der Waals surface area contributed by atoms with Crippen molar-refractivity contribution in [3.05, 3.63) is 52.5 Å². The number of ether oxygens (including phenoxy) is 3. The molecule has 0 saturated carbocycles. The van der Waals surface area contributed by atoms with Crippen LogP contribution in [0.4, 0.5) is 11.4 Å². The molecule has 0 spiro atoms. The highest BCUT2D eigenvalue weighted by molar-refractivity contribution is 6.37. The highest BCUT2D eigenvalue weighted by Gasteiger charge is 2.24. The van der Waals surface area contributed by atoms with Gasteiger partial charge >= 0.3 is 0 Å². The van der Waals surface area contributed by atoms with Gasteiger partial charge in [-0.2, -0.15) is 5.26 Å². The summed E-state index contributed by atoms with van der Waals surface area (Å²) in [5.41, 5.74) is 3.31. The van der Waals surface area contributed by atoms with Gasteiger partial charge in [0.2, 0.25) is 0 Å². The second kappa shape index (κ2) is 11.6. The van der Waals surface area contributed by atoms with Gasteiger partial charge in [0.05, 0.1) is 42.2 Å². The number of rotatable bonds is 10. The minimum atomic E-state index is -0.714.